The van der Waals surface area contributed by atoms with E-state index in [1.807, 2.05) is 22.7 Å². The van der Waals surface area contributed by atoms with Gasteiger partial charge in [-0.2, -0.15) is 0 Å². The van der Waals surface area contributed by atoms with Gasteiger partial charge in [0.25, 0.3) is 0 Å². The van der Waals surface area contributed by atoms with Gasteiger partial charge in [0, 0.05) is 11.8 Å². The second-order valence-electron chi connectivity index (χ2n) is 4.91. The summed E-state index contributed by atoms with van der Waals surface area (Å²) in [6.07, 6.45) is 1.87. The Morgan fingerprint density at radius 1 is 1.20 bits per heavy atom. The first kappa shape index (κ1) is 13.2. The molecule has 4 heteroatoms. The van der Waals surface area contributed by atoms with E-state index in [9.17, 15) is 5.11 Å². The lowest BCUT2D eigenvalue weighted by molar-refractivity contribution is 0.276. The minimum atomic E-state index is -0.0796. The number of fused-ring (bicyclic) bond motifs is 1. The number of imidazole rings is 1. The molecule has 0 saturated heterocycles. The third-order valence-corrected chi connectivity index (χ3v) is 3.93. The predicted octanol–water partition coefficient (Wildman–Crippen LogP) is 3.76. The van der Waals surface area contributed by atoms with E-state index in [1.54, 1.807) is 6.07 Å². The molecule has 0 aliphatic rings. The number of benzene rings is 1. The summed E-state index contributed by atoms with van der Waals surface area (Å²) in [6, 6.07) is 9.83. The van der Waals surface area contributed by atoms with Crippen LogP contribution in [0.25, 0.3) is 16.9 Å². The van der Waals surface area contributed by atoms with Crippen LogP contribution in [0.3, 0.4) is 0 Å². The Morgan fingerprint density at radius 3 is 2.70 bits per heavy atom. The van der Waals surface area contributed by atoms with Gasteiger partial charge in [-0.1, -0.05) is 23.7 Å². The van der Waals surface area contributed by atoms with Crippen LogP contribution in [0.5, 0.6) is 0 Å². The van der Waals surface area contributed by atoms with Gasteiger partial charge < -0.3 is 5.11 Å². The zero-order chi connectivity index (χ0) is 14.3. The first-order chi connectivity index (χ1) is 9.61. The number of hydrogen-bond acceptors (Lipinski definition) is 2. The van der Waals surface area contributed by atoms with Crippen LogP contribution in [0, 0.1) is 13.8 Å². The third kappa shape index (κ3) is 1.99. The standard InChI is InChI=1S/C16H15ClN2O/c1-10-5-6-12(8-11(10)2)15-14(9-20)19-7-3-4-13(17)16(19)18-15/h3-8,20H,9H2,1-2H3. The number of halogens is 1. The summed E-state index contributed by atoms with van der Waals surface area (Å²) < 4.78 is 1.84. The van der Waals surface area contributed by atoms with Gasteiger partial charge in [0.1, 0.15) is 0 Å². The normalized spacial score (nSPS) is 11.2. The number of aromatic nitrogens is 2. The highest BCUT2D eigenvalue weighted by Crippen LogP contribution is 2.28. The molecular weight excluding hydrogens is 272 g/mol. The fourth-order valence-electron chi connectivity index (χ4n) is 2.35. The first-order valence-corrected chi connectivity index (χ1v) is 6.83. The highest BCUT2D eigenvalue weighted by molar-refractivity contribution is 6.33. The number of nitrogens with zero attached hydrogens (tertiary/aromatic N) is 2. The highest BCUT2D eigenvalue weighted by Gasteiger charge is 2.15. The fraction of sp³-hybridized carbons (Fsp3) is 0.188. The van der Waals surface area contributed by atoms with Crippen LogP contribution < -0.4 is 0 Å². The summed E-state index contributed by atoms with van der Waals surface area (Å²) in [5.41, 5.74) is 5.65. The monoisotopic (exact) mass is 286 g/mol. The Kier molecular flexibility index (Phi) is 3.24. The summed E-state index contributed by atoms with van der Waals surface area (Å²) in [5.74, 6) is 0. The van der Waals surface area contributed by atoms with Crippen molar-refractivity contribution < 1.29 is 5.11 Å². The minimum Gasteiger partial charge on any atom is -0.390 e. The van der Waals surface area contributed by atoms with E-state index in [1.165, 1.54) is 11.1 Å². The van der Waals surface area contributed by atoms with Gasteiger partial charge in [-0.3, -0.25) is 4.40 Å². The minimum absolute atomic E-state index is 0.0796. The van der Waals surface area contributed by atoms with Crippen LogP contribution in [-0.2, 0) is 6.61 Å². The average Bonchev–Trinajstić information content (AvgIpc) is 2.82. The van der Waals surface area contributed by atoms with Gasteiger partial charge in [0.2, 0.25) is 0 Å². The zero-order valence-corrected chi connectivity index (χ0v) is 12.1. The Labute approximate surface area is 122 Å². The lowest BCUT2D eigenvalue weighted by Gasteiger charge is -2.05. The van der Waals surface area contributed by atoms with Gasteiger partial charge in [0.05, 0.1) is 23.0 Å². The van der Waals surface area contributed by atoms with Crippen molar-refractivity contribution in [2.45, 2.75) is 20.5 Å². The Balaban J connectivity index is 2.30. The van der Waals surface area contributed by atoms with Crippen LogP contribution >= 0.6 is 11.6 Å². The second kappa shape index (κ2) is 4.93. The van der Waals surface area contributed by atoms with Crippen molar-refractivity contribution in [2.24, 2.45) is 0 Å². The summed E-state index contributed by atoms with van der Waals surface area (Å²) in [4.78, 5) is 4.60. The fourth-order valence-corrected chi connectivity index (χ4v) is 2.56. The summed E-state index contributed by atoms with van der Waals surface area (Å²) in [7, 11) is 0. The molecule has 3 nitrogen and oxygen atoms in total. The number of hydrogen-bond donors (Lipinski definition) is 1. The van der Waals surface area contributed by atoms with Crippen LogP contribution in [0.15, 0.2) is 36.5 Å². The molecule has 3 aromatic rings. The quantitative estimate of drug-likeness (QED) is 0.779. The molecule has 0 aliphatic heterocycles. The van der Waals surface area contributed by atoms with E-state index in [2.05, 4.69) is 31.0 Å². The molecule has 1 aromatic carbocycles. The van der Waals surface area contributed by atoms with Gasteiger partial charge in [-0.25, -0.2) is 4.98 Å². The zero-order valence-electron chi connectivity index (χ0n) is 11.4. The molecule has 0 aliphatic carbocycles. The highest BCUT2D eigenvalue weighted by atomic mass is 35.5. The second-order valence-corrected chi connectivity index (χ2v) is 5.32. The first-order valence-electron chi connectivity index (χ1n) is 6.45. The van der Waals surface area contributed by atoms with E-state index in [0.717, 1.165) is 17.0 Å². The molecule has 20 heavy (non-hydrogen) atoms. The molecule has 0 unspecified atom stereocenters. The Bertz CT molecular complexity index is 793. The van der Waals surface area contributed by atoms with E-state index in [0.29, 0.717) is 10.7 Å². The van der Waals surface area contributed by atoms with E-state index in [4.69, 9.17) is 11.6 Å². The van der Waals surface area contributed by atoms with Gasteiger partial charge in [-0.05, 0) is 43.2 Å². The maximum atomic E-state index is 9.68. The van der Waals surface area contributed by atoms with Crippen molar-refractivity contribution in [1.82, 2.24) is 9.38 Å². The molecule has 0 bridgehead atoms. The van der Waals surface area contributed by atoms with Crippen molar-refractivity contribution in [3.05, 3.63) is 58.4 Å². The van der Waals surface area contributed by atoms with E-state index in [-0.39, 0.29) is 6.61 Å². The lowest BCUT2D eigenvalue weighted by atomic mass is 10.0. The van der Waals surface area contributed by atoms with Crippen LogP contribution in [0.4, 0.5) is 0 Å². The molecule has 0 saturated carbocycles. The molecule has 102 valence electrons. The largest absolute Gasteiger partial charge is 0.390 e. The van der Waals surface area contributed by atoms with Crippen LogP contribution in [-0.4, -0.2) is 14.5 Å². The molecule has 0 amide bonds. The molecule has 2 heterocycles. The van der Waals surface area contributed by atoms with Gasteiger partial charge in [0.15, 0.2) is 5.65 Å². The number of pyridine rings is 1. The van der Waals surface area contributed by atoms with Crippen molar-refractivity contribution in [3.8, 4) is 11.3 Å². The number of rotatable bonds is 2. The van der Waals surface area contributed by atoms with Crippen LogP contribution in [0.1, 0.15) is 16.8 Å². The molecule has 0 atom stereocenters. The molecule has 2 aromatic heterocycles. The van der Waals surface area contributed by atoms with Crippen molar-refractivity contribution in [1.29, 1.82) is 0 Å². The molecule has 3 rings (SSSR count). The third-order valence-electron chi connectivity index (χ3n) is 3.63. The van der Waals surface area contributed by atoms with Crippen LogP contribution in [0.2, 0.25) is 5.02 Å². The molecule has 1 N–H and O–H groups in total. The Morgan fingerprint density at radius 2 is 2.00 bits per heavy atom. The smallest absolute Gasteiger partial charge is 0.156 e. The topological polar surface area (TPSA) is 37.5 Å². The van der Waals surface area contributed by atoms with E-state index < -0.39 is 0 Å². The number of aliphatic hydroxyl groups is 1. The summed E-state index contributed by atoms with van der Waals surface area (Å²) in [6.45, 7) is 4.07. The number of aliphatic hydroxyl groups excluding tert-OH is 1. The molecule has 0 fully saturated rings. The van der Waals surface area contributed by atoms with E-state index >= 15 is 0 Å². The number of aryl methyl sites for hydroxylation is 2. The SMILES string of the molecule is Cc1ccc(-c2nc3c(Cl)cccn3c2CO)cc1C. The maximum absolute atomic E-state index is 9.68. The average molecular weight is 287 g/mol. The summed E-state index contributed by atoms with van der Waals surface area (Å²) in [5, 5.41) is 10.3. The summed E-state index contributed by atoms with van der Waals surface area (Å²) >= 11 is 6.18. The maximum Gasteiger partial charge on any atom is 0.156 e. The molecule has 0 spiro atoms. The molecule has 0 radical (unpaired) electrons. The predicted molar refractivity (Wildman–Crippen MR) is 81.0 cm³/mol. The lowest BCUT2D eigenvalue weighted by Crippen LogP contribution is -1.94. The van der Waals surface area contributed by atoms with Crippen molar-refractivity contribution in [3.63, 3.8) is 0 Å². The van der Waals surface area contributed by atoms with Crippen molar-refractivity contribution >= 4 is 17.2 Å². The molecular formula is C16H15ClN2O. The van der Waals surface area contributed by atoms with Crippen molar-refractivity contribution in [2.75, 3.05) is 0 Å². The Hall–Kier alpha value is -1.84. The van der Waals surface area contributed by atoms with Gasteiger partial charge >= 0.3 is 0 Å². The van der Waals surface area contributed by atoms with Gasteiger partial charge in [-0.15, -0.1) is 0 Å².